The second kappa shape index (κ2) is 8.25. The molecule has 0 radical (unpaired) electrons. The van der Waals surface area contributed by atoms with Crippen molar-refractivity contribution in [3.8, 4) is 0 Å². The predicted molar refractivity (Wildman–Crippen MR) is 104 cm³/mol. The number of piperidine rings is 1. The topological polar surface area (TPSA) is 49.4 Å². The van der Waals surface area contributed by atoms with Crippen LogP contribution in [0.3, 0.4) is 0 Å². The molecule has 0 unspecified atom stereocenters. The molecule has 0 bridgehead atoms. The molecule has 1 fully saturated rings. The van der Waals surface area contributed by atoms with Crippen LogP contribution in [0.1, 0.15) is 57.0 Å². The van der Waals surface area contributed by atoms with Gasteiger partial charge in [-0.3, -0.25) is 14.5 Å². The number of hydrogen-bond donors (Lipinski definition) is 1. The molecule has 1 aliphatic rings. The van der Waals surface area contributed by atoms with Crippen LogP contribution < -0.4 is 5.32 Å². The summed E-state index contributed by atoms with van der Waals surface area (Å²) in [5.74, 6) is 0.693. The van der Waals surface area contributed by atoms with E-state index in [0.29, 0.717) is 16.3 Å². The van der Waals surface area contributed by atoms with Crippen LogP contribution in [-0.2, 0) is 0 Å². The second-order valence-corrected chi connectivity index (χ2v) is 8.74. The first-order chi connectivity index (χ1) is 12.0. The lowest BCUT2D eigenvalue weighted by atomic mass is 9.97. The van der Waals surface area contributed by atoms with Crippen LogP contribution >= 0.6 is 22.7 Å². The number of rotatable bonds is 6. The molecule has 0 spiro atoms. The molecule has 25 heavy (non-hydrogen) atoms. The molecule has 0 aliphatic carbocycles. The quantitative estimate of drug-likeness (QED) is 0.768. The zero-order chi connectivity index (χ0) is 17.8. The molecule has 2 aromatic rings. The van der Waals surface area contributed by atoms with Gasteiger partial charge in [0.1, 0.15) is 0 Å². The fourth-order valence-electron chi connectivity index (χ4n) is 3.16. The third-order valence-corrected chi connectivity index (χ3v) is 6.92. The van der Waals surface area contributed by atoms with Crippen LogP contribution in [-0.4, -0.2) is 36.2 Å². The van der Waals surface area contributed by atoms with Gasteiger partial charge in [-0.1, -0.05) is 13.0 Å². The lowest BCUT2D eigenvalue weighted by molar-refractivity contribution is 0.0918. The number of nitrogens with zero attached hydrogens (tertiary/aromatic N) is 1. The van der Waals surface area contributed by atoms with Gasteiger partial charge in [0.05, 0.1) is 15.8 Å². The molecule has 1 amide bonds. The van der Waals surface area contributed by atoms with E-state index in [0.717, 1.165) is 19.0 Å². The molecule has 0 saturated carbocycles. The van der Waals surface area contributed by atoms with E-state index in [1.54, 1.807) is 23.5 Å². The van der Waals surface area contributed by atoms with Gasteiger partial charge < -0.3 is 5.32 Å². The van der Waals surface area contributed by atoms with Gasteiger partial charge >= 0.3 is 0 Å². The van der Waals surface area contributed by atoms with E-state index in [2.05, 4.69) is 34.7 Å². The van der Waals surface area contributed by atoms with Crippen LogP contribution in [0.2, 0.25) is 0 Å². The van der Waals surface area contributed by atoms with Crippen LogP contribution in [0.5, 0.6) is 0 Å². The summed E-state index contributed by atoms with van der Waals surface area (Å²) in [6, 6.07) is 7.91. The highest BCUT2D eigenvalue weighted by atomic mass is 32.1. The van der Waals surface area contributed by atoms with E-state index >= 15 is 0 Å². The van der Waals surface area contributed by atoms with Crippen molar-refractivity contribution >= 4 is 34.4 Å². The maximum atomic E-state index is 12.5. The first kappa shape index (κ1) is 18.3. The standard InChI is InChI=1S/C19H24N2O2S2/c1-13-7-9-21(10-8-13)15(17-4-3-11-24-17)12-20-19(23)18-6-5-16(25-18)14(2)22/h3-6,11,13,15H,7-10,12H2,1-2H3,(H,20,23)/t15-/m0/s1. The maximum absolute atomic E-state index is 12.5. The highest BCUT2D eigenvalue weighted by molar-refractivity contribution is 7.16. The van der Waals surface area contributed by atoms with E-state index in [-0.39, 0.29) is 17.7 Å². The first-order valence-electron chi connectivity index (χ1n) is 8.71. The Morgan fingerprint density at radius 3 is 2.56 bits per heavy atom. The molecule has 1 saturated heterocycles. The number of nitrogens with one attached hydrogen (secondary N) is 1. The van der Waals surface area contributed by atoms with Crippen LogP contribution in [0.25, 0.3) is 0 Å². The minimum atomic E-state index is -0.0931. The summed E-state index contributed by atoms with van der Waals surface area (Å²) in [6.07, 6.45) is 2.42. The molecule has 3 rings (SSSR count). The van der Waals surface area contributed by atoms with Gasteiger partial charge in [0.2, 0.25) is 0 Å². The van der Waals surface area contributed by atoms with Crippen LogP contribution in [0, 0.1) is 5.92 Å². The summed E-state index contributed by atoms with van der Waals surface area (Å²) in [6.45, 7) is 6.58. The van der Waals surface area contributed by atoms with E-state index in [1.165, 1.54) is 36.0 Å². The molecule has 1 aliphatic heterocycles. The highest BCUT2D eigenvalue weighted by Crippen LogP contribution is 2.29. The van der Waals surface area contributed by atoms with E-state index in [4.69, 9.17) is 0 Å². The largest absolute Gasteiger partial charge is 0.349 e. The zero-order valence-corrected chi connectivity index (χ0v) is 16.3. The van der Waals surface area contributed by atoms with Gasteiger partial charge in [0, 0.05) is 11.4 Å². The molecule has 1 N–H and O–H groups in total. The second-order valence-electron chi connectivity index (χ2n) is 6.68. The number of carbonyl (C=O) groups excluding carboxylic acids is 2. The van der Waals surface area contributed by atoms with Crippen molar-refractivity contribution in [2.24, 2.45) is 5.92 Å². The Balaban J connectivity index is 1.66. The van der Waals surface area contributed by atoms with Crippen molar-refractivity contribution in [2.75, 3.05) is 19.6 Å². The molecule has 6 heteroatoms. The van der Waals surface area contributed by atoms with Crippen LogP contribution in [0.15, 0.2) is 29.6 Å². The summed E-state index contributed by atoms with van der Waals surface area (Å²) in [5, 5.41) is 5.17. The van der Waals surface area contributed by atoms with Gasteiger partial charge in [0.25, 0.3) is 5.91 Å². The Labute approximate surface area is 156 Å². The minimum absolute atomic E-state index is 0.00273. The summed E-state index contributed by atoms with van der Waals surface area (Å²) in [4.78, 5) is 28.9. The minimum Gasteiger partial charge on any atom is -0.349 e. The molecule has 1 atom stereocenters. The van der Waals surface area contributed by atoms with E-state index in [1.807, 2.05) is 0 Å². The first-order valence-corrected chi connectivity index (χ1v) is 10.4. The molecule has 134 valence electrons. The number of ketones is 1. The summed E-state index contributed by atoms with van der Waals surface area (Å²) < 4.78 is 0. The number of thiophene rings is 2. The Hall–Kier alpha value is -1.50. The Morgan fingerprint density at radius 2 is 1.96 bits per heavy atom. The smallest absolute Gasteiger partial charge is 0.261 e. The Bertz CT molecular complexity index is 716. The highest BCUT2D eigenvalue weighted by Gasteiger charge is 2.26. The molecular formula is C19H24N2O2S2. The number of Topliss-reactive ketones (excluding diaryl/α,β-unsaturated/α-hetero) is 1. The number of carbonyl (C=O) groups is 2. The molecule has 2 aromatic heterocycles. The number of hydrogen-bond acceptors (Lipinski definition) is 5. The van der Waals surface area contributed by atoms with Gasteiger partial charge in [-0.2, -0.15) is 0 Å². The molecular weight excluding hydrogens is 352 g/mol. The fourth-order valence-corrected chi connectivity index (χ4v) is 4.83. The summed E-state index contributed by atoms with van der Waals surface area (Å²) in [5.41, 5.74) is 0. The summed E-state index contributed by atoms with van der Waals surface area (Å²) >= 11 is 3.01. The lowest BCUT2D eigenvalue weighted by Gasteiger charge is -2.36. The van der Waals surface area contributed by atoms with Gasteiger partial charge in [-0.15, -0.1) is 22.7 Å². The lowest BCUT2D eigenvalue weighted by Crippen LogP contribution is -2.41. The Morgan fingerprint density at radius 1 is 1.24 bits per heavy atom. The van der Waals surface area contributed by atoms with Gasteiger partial charge in [0.15, 0.2) is 5.78 Å². The molecule has 4 nitrogen and oxygen atoms in total. The monoisotopic (exact) mass is 376 g/mol. The normalized spacial score (nSPS) is 17.4. The van der Waals surface area contributed by atoms with Crippen molar-refractivity contribution in [3.05, 3.63) is 44.3 Å². The molecule has 3 heterocycles. The number of amides is 1. The Kier molecular flexibility index (Phi) is 6.04. The predicted octanol–water partition coefficient (Wildman–Crippen LogP) is 4.22. The number of likely N-dealkylation sites (tertiary alicyclic amines) is 1. The van der Waals surface area contributed by atoms with Crippen LogP contribution in [0.4, 0.5) is 0 Å². The molecule has 0 aromatic carbocycles. The third-order valence-electron chi connectivity index (χ3n) is 4.76. The van der Waals surface area contributed by atoms with Crippen molar-refractivity contribution in [1.82, 2.24) is 10.2 Å². The third kappa shape index (κ3) is 4.57. The maximum Gasteiger partial charge on any atom is 0.261 e. The fraction of sp³-hybridized carbons (Fsp3) is 0.474. The van der Waals surface area contributed by atoms with E-state index in [9.17, 15) is 9.59 Å². The van der Waals surface area contributed by atoms with Crippen molar-refractivity contribution < 1.29 is 9.59 Å². The van der Waals surface area contributed by atoms with Crippen molar-refractivity contribution in [1.29, 1.82) is 0 Å². The van der Waals surface area contributed by atoms with Gasteiger partial charge in [-0.05, 0) is 62.4 Å². The average molecular weight is 377 g/mol. The average Bonchev–Trinajstić information content (AvgIpc) is 3.28. The van der Waals surface area contributed by atoms with Gasteiger partial charge in [-0.25, -0.2) is 0 Å². The SMILES string of the molecule is CC(=O)c1ccc(C(=O)NC[C@@H](c2cccs2)N2CCC(C)CC2)s1. The van der Waals surface area contributed by atoms with Crippen molar-refractivity contribution in [3.63, 3.8) is 0 Å². The van der Waals surface area contributed by atoms with E-state index < -0.39 is 0 Å². The summed E-state index contributed by atoms with van der Waals surface area (Å²) in [7, 11) is 0. The zero-order valence-electron chi connectivity index (χ0n) is 14.7. The van der Waals surface area contributed by atoms with Crippen molar-refractivity contribution in [2.45, 2.75) is 32.7 Å².